The minimum atomic E-state index is 0.257. The molecule has 2 aromatic rings. The van der Waals surface area contributed by atoms with Gasteiger partial charge in [0.15, 0.2) is 0 Å². The van der Waals surface area contributed by atoms with E-state index in [2.05, 4.69) is 44.1 Å². The molecule has 1 aromatic carbocycles. The van der Waals surface area contributed by atoms with Gasteiger partial charge in [-0.05, 0) is 47.9 Å². The van der Waals surface area contributed by atoms with Crippen molar-refractivity contribution in [3.63, 3.8) is 0 Å². The maximum absolute atomic E-state index is 5.33. The number of nitrogens with zero attached hydrogens (tertiary/aromatic N) is 1. The summed E-state index contributed by atoms with van der Waals surface area (Å²) in [6.07, 6.45) is 3.10. The highest BCUT2D eigenvalue weighted by Crippen LogP contribution is 2.30. The van der Waals surface area contributed by atoms with Crippen molar-refractivity contribution in [2.75, 3.05) is 13.4 Å². The Morgan fingerprint density at radius 2 is 1.95 bits per heavy atom. The van der Waals surface area contributed by atoms with Crippen LogP contribution < -0.4 is 4.74 Å². The minimum Gasteiger partial charge on any atom is -0.497 e. The highest BCUT2D eigenvalue weighted by molar-refractivity contribution is 7.98. The van der Waals surface area contributed by atoms with Gasteiger partial charge in [0.05, 0.1) is 17.7 Å². The summed E-state index contributed by atoms with van der Waals surface area (Å²) >= 11 is 1.69. The Balaban J connectivity index is 2.62. The third kappa shape index (κ3) is 3.41. The van der Waals surface area contributed by atoms with Crippen LogP contribution in [0.25, 0.3) is 10.9 Å². The molecule has 1 aromatic heterocycles. The lowest BCUT2D eigenvalue weighted by Crippen LogP contribution is -2.10. The monoisotopic (exact) mass is 275 g/mol. The molecule has 0 unspecified atom stereocenters. The van der Waals surface area contributed by atoms with Gasteiger partial charge in [-0.15, -0.1) is 11.8 Å². The summed E-state index contributed by atoms with van der Waals surface area (Å²) < 4.78 is 5.33. The van der Waals surface area contributed by atoms with E-state index >= 15 is 0 Å². The summed E-state index contributed by atoms with van der Waals surface area (Å²) in [5.74, 6) is 0.890. The molecule has 0 N–H and O–H groups in total. The van der Waals surface area contributed by atoms with Gasteiger partial charge in [0, 0.05) is 5.39 Å². The molecule has 0 fully saturated rings. The fraction of sp³-hybridized carbons (Fsp3) is 0.438. The zero-order valence-corrected chi connectivity index (χ0v) is 13.1. The lowest BCUT2D eigenvalue weighted by molar-refractivity contribution is 0.410. The molecule has 0 bridgehead atoms. The lowest BCUT2D eigenvalue weighted by Gasteiger charge is -2.20. The maximum Gasteiger partial charge on any atom is 0.119 e. The third-order valence-electron chi connectivity index (χ3n) is 3.01. The predicted molar refractivity (Wildman–Crippen MR) is 83.2 cm³/mol. The molecule has 0 atom stereocenters. The van der Waals surface area contributed by atoms with Crippen molar-refractivity contribution >= 4 is 22.7 Å². The van der Waals surface area contributed by atoms with Gasteiger partial charge in [0.1, 0.15) is 5.75 Å². The van der Waals surface area contributed by atoms with Crippen LogP contribution in [0.1, 0.15) is 26.3 Å². The van der Waals surface area contributed by atoms with Gasteiger partial charge in [-0.3, -0.25) is 0 Å². The second-order valence-electron chi connectivity index (χ2n) is 5.94. The predicted octanol–water partition coefficient (Wildman–Crippen LogP) is 4.55. The zero-order chi connectivity index (χ0) is 14.0. The quantitative estimate of drug-likeness (QED) is 0.767. The van der Waals surface area contributed by atoms with E-state index in [-0.39, 0.29) is 5.41 Å². The van der Waals surface area contributed by atoms with E-state index in [4.69, 9.17) is 4.74 Å². The number of fused-ring (bicyclic) bond motifs is 1. The minimum absolute atomic E-state index is 0.257. The topological polar surface area (TPSA) is 22.1 Å². The molecule has 0 radical (unpaired) electrons. The van der Waals surface area contributed by atoms with Crippen LogP contribution in [0.2, 0.25) is 0 Å². The molecule has 0 amide bonds. The number of benzene rings is 1. The highest BCUT2D eigenvalue weighted by atomic mass is 32.2. The zero-order valence-electron chi connectivity index (χ0n) is 12.3. The number of methoxy groups -OCH3 is 1. The number of rotatable bonds is 3. The van der Waals surface area contributed by atoms with Crippen LogP contribution in [0.5, 0.6) is 5.75 Å². The first-order valence-corrected chi connectivity index (χ1v) is 7.67. The molecular weight excluding hydrogens is 254 g/mol. The standard InChI is InChI=1S/C16H21NOS/c1-16(2,3)10-11-8-15(19-5)17-14-7-6-12(18-4)9-13(11)14/h6-9H,10H2,1-5H3. The normalized spacial score (nSPS) is 11.8. The van der Waals surface area contributed by atoms with Crippen molar-refractivity contribution in [1.29, 1.82) is 0 Å². The number of hydrogen-bond donors (Lipinski definition) is 0. The summed E-state index contributed by atoms with van der Waals surface area (Å²) in [7, 11) is 1.70. The third-order valence-corrected chi connectivity index (χ3v) is 3.64. The first-order chi connectivity index (χ1) is 8.93. The Hall–Kier alpha value is -1.22. The van der Waals surface area contributed by atoms with Crippen LogP contribution >= 0.6 is 11.8 Å². The number of thioether (sulfide) groups is 1. The molecule has 0 aliphatic heterocycles. The Bertz CT molecular complexity index is 587. The molecular formula is C16H21NOS. The molecule has 3 heteroatoms. The van der Waals surface area contributed by atoms with Crippen LogP contribution in [-0.4, -0.2) is 18.3 Å². The molecule has 102 valence electrons. The summed E-state index contributed by atoms with van der Waals surface area (Å²) in [4.78, 5) is 4.67. The van der Waals surface area contributed by atoms with Crippen molar-refractivity contribution < 1.29 is 4.74 Å². The van der Waals surface area contributed by atoms with E-state index in [0.29, 0.717) is 0 Å². The number of ether oxygens (including phenoxy) is 1. The lowest BCUT2D eigenvalue weighted by atomic mass is 9.87. The van der Waals surface area contributed by atoms with Crippen molar-refractivity contribution in [2.45, 2.75) is 32.2 Å². The van der Waals surface area contributed by atoms with Crippen LogP contribution in [0.15, 0.2) is 29.3 Å². The molecule has 19 heavy (non-hydrogen) atoms. The highest BCUT2D eigenvalue weighted by Gasteiger charge is 2.15. The average Bonchev–Trinajstić information content (AvgIpc) is 2.36. The van der Waals surface area contributed by atoms with Crippen LogP contribution in [0.4, 0.5) is 0 Å². The van der Waals surface area contributed by atoms with Gasteiger partial charge in [-0.25, -0.2) is 4.98 Å². The molecule has 0 spiro atoms. The fourth-order valence-corrected chi connectivity index (χ4v) is 2.65. The number of aromatic nitrogens is 1. The van der Waals surface area contributed by atoms with Crippen LogP contribution in [-0.2, 0) is 6.42 Å². The van der Waals surface area contributed by atoms with Crippen molar-refractivity contribution in [2.24, 2.45) is 5.41 Å². The van der Waals surface area contributed by atoms with E-state index in [0.717, 1.165) is 22.7 Å². The van der Waals surface area contributed by atoms with Gasteiger partial charge in [0.25, 0.3) is 0 Å². The van der Waals surface area contributed by atoms with E-state index in [1.165, 1.54) is 10.9 Å². The Labute approximate surface area is 119 Å². The van der Waals surface area contributed by atoms with E-state index in [9.17, 15) is 0 Å². The first kappa shape index (κ1) is 14.2. The van der Waals surface area contributed by atoms with Gasteiger partial charge >= 0.3 is 0 Å². The average molecular weight is 275 g/mol. The first-order valence-electron chi connectivity index (χ1n) is 6.44. The molecule has 0 aliphatic carbocycles. The molecule has 0 aliphatic rings. The fourth-order valence-electron chi connectivity index (χ4n) is 2.20. The number of pyridine rings is 1. The van der Waals surface area contributed by atoms with Crippen molar-refractivity contribution in [1.82, 2.24) is 4.98 Å². The summed E-state index contributed by atoms with van der Waals surface area (Å²) in [5, 5.41) is 2.28. The maximum atomic E-state index is 5.33. The molecule has 0 saturated carbocycles. The van der Waals surface area contributed by atoms with E-state index < -0.39 is 0 Å². The van der Waals surface area contributed by atoms with Gasteiger partial charge in [-0.2, -0.15) is 0 Å². The van der Waals surface area contributed by atoms with E-state index in [1.54, 1.807) is 18.9 Å². The number of hydrogen-bond acceptors (Lipinski definition) is 3. The van der Waals surface area contributed by atoms with Crippen LogP contribution in [0, 0.1) is 5.41 Å². The SMILES string of the molecule is COc1ccc2nc(SC)cc(CC(C)(C)C)c2c1. The molecule has 0 saturated heterocycles. The van der Waals surface area contributed by atoms with Gasteiger partial charge in [-0.1, -0.05) is 20.8 Å². The molecule has 1 heterocycles. The summed E-state index contributed by atoms with van der Waals surface area (Å²) in [6.45, 7) is 6.79. The van der Waals surface area contributed by atoms with Crippen LogP contribution in [0.3, 0.4) is 0 Å². The molecule has 2 nitrogen and oxygen atoms in total. The summed E-state index contributed by atoms with van der Waals surface area (Å²) in [6, 6.07) is 8.31. The van der Waals surface area contributed by atoms with E-state index in [1.807, 2.05) is 12.1 Å². The Morgan fingerprint density at radius 1 is 1.21 bits per heavy atom. The van der Waals surface area contributed by atoms with Crippen molar-refractivity contribution in [3.05, 3.63) is 29.8 Å². The smallest absolute Gasteiger partial charge is 0.119 e. The second-order valence-corrected chi connectivity index (χ2v) is 6.77. The van der Waals surface area contributed by atoms with Gasteiger partial charge in [0.2, 0.25) is 0 Å². The second kappa shape index (κ2) is 5.41. The molecule has 2 rings (SSSR count). The van der Waals surface area contributed by atoms with Gasteiger partial charge < -0.3 is 4.74 Å². The largest absolute Gasteiger partial charge is 0.497 e. The Morgan fingerprint density at radius 3 is 2.53 bits per heavy atom. The van der Waals surface area contributed by atoms with Crippen molar-refractivity contribution in [3.8, 4) is 5.75 Å². The summed E-state index contributed by atoms with van der Waals surface area (Å²) in [5.41, 5.74) is 2.65. The Kier molecular flexibility index (Phi) is 4.04.